The predicted molar refractivity (Wildman–Crippen MR) is 78.7 cm³/mol. The van der Waals surface area contributed by atoms with Crippen LogP contribution < -0.4 is 5.32 Å². The van der Waals surface area contributed by atoms with Crippen LogP contribution in [0.3, 0.4) is 0 Å². The molecule has 1 aliphatic rings. The van der Waals surface area contributed by atoms with E-state index in [9.17, 15) is 0 Å². The lowest BCUT2D eigenvalue weighted by molar-refractivity contribution is 0.323. The first-order chi connectivity index (χ1) is 8.90. The quantitative estimate of drug-likeness (QED) is 0.766. The SMILES string of the molecule is CCCC(NCC1CCCCC1)c1ccccc1. The van der Waals surface area contributed by atoms with Gasteiger partial charge in [0.15, 0.2) is 0 Å². The lowest BCUT2D eigenvalue weighted by Crippen LogP contribution is -2.28. The zero-order valence-electron chi connectivity index (χ0n) is 11.7. The van der Waals surface area contributed by atoms with Crippen LogP contribution in [0, 0.1) is 5.92 Å². The van der Waals surface area contributed by atoms with E-state index in [1.807, 2.05) is 0 Å². The Labute approximate surface area is 112 Å². The largest absolute Gasteiger partial charge is 0.310 e. The van der Waals surface area contributed by atoms with Gasteiger partial charge in [0.2, 0.25) is 0 Å². The Hall–Kier alpha value is -0.820. The van der Waals surface area contributed by atoms with E-state index in [-0.39, 0.29) is 0 Å². The van der Waals surface area contributed by atoms with Gasteiger partial charge < -0.3 is 5.32 Å². The Balaban J connectivity index is 1.86. The Morgan fingerprint density at radius 3 is 2.50 bits per heavy atom. The summed E-state index contributed by atoms with van der Waals surface area (Å²) in [6.45, 7) is 3.48. The van der Waals surface area contributed by atoms with Crippen molar-refractivity contribution in [3.8, 4) is 0 Å². The van der Waals surface area contributed by atoms with Gasteiger partial charge in [-0.3, -0.25) is 0 Å². The molecule has 1 fully saturated rings. The molecule has 0 spiro atoms. The highest BCUT2D eigenvalue weighted by molar-refractivity contribution is 5.18. The van der Waals surface area contributed by atoms with Gasteiger partial charge in [0, 0.05) is 6.04 Å². The molecule has 0 amide bonds. The standard InChI is InChI=1S/C17H27N/c1-2-9-17(16-12-7-4-8-13-16)18-14-15-10-5-3-6-11-15/h4,7-8,12-13,15,17-18H,2-3,5-6,9-11,14H2,1H3. The second-order valence-electron chi connectivity index (χ2n) is 5.66. The first kappa shape index (κ1) is 13.6. The molecular weight excluding hydrogens is 218 g/mol. The van der Waals surface area contributed by atoms with Crippen molar-refractivity contribution in [2.45, 2.75) is 57.9 Å². The van der Waals surface area contributed by atoms with Crippen LogP contribution in [-0.2, 0) is 0 Å². The Bertz CT molecular complexity index is 314. The summed E-state index contributed by atoms with van der Waals surface area (Å²) in [4.78, 5) is 0. The monoisotopic (exact) mass is 245 g/mol. The van der Waals surface area contributed by atoms with Crippen molar-refractivity contribution >= 4 is 0 Å². The van der Waals surface area contributed by atoms with Gasteiger partial charge in [-0.25, -0.2) is 0 Å². The van der Waals surface area contributed by atoms with Crippen LogP contribution in [0.15, 0.2) is 30.3 Å². The molecule has 0 saturated heterocycles. The minimum Gasteiger partial charge on any atom is -0.310 e. The molecule has 0 bridgehead atoms. The Morgan fingerprint density at radius 1 is 1.11 bits per heavy atom. The molecule has 0 radical (unpaired) electrons. The molecule has 0 aromatic heterocycles. The topological polar surface area (TPSA) is 12.0 Å². The Morgan fingerprint density at radius 2 is 1.83 bits per heavy atom. The van der Waals surface area contributed by atoms with Crippen LogP contribution in [0.2, 0.25) is 0 Å². The number of hydrogen-bond donors (Lipinski definition) is 1. The highest BCUT2D eigenvalue weighted by Gasteiger charge is 2.16. The molecule has 2 rings (SSSR count). The van der Waals surface area contributed by atoms with Crippen LogP contribution >= 0.6 is 0 Å². The van der Waals surface area contributed by atoms with Gasteiger partial charge in [0.1, 0.15) is 0 Å². The average Bonchev–Trinajstić information content (AvgIpc) is 2.45. The summed E-state index contributed by atoms with van der Waals surface area (Å²) in [7, 11) is 0. The molecular formula is C17H27N. The molecule has 1 aromatic carbocycles. The molecule has 0 heterocycles. The summed E-state index contributed by atoms with van der Waals surface area (Å²) >= 11 is 0. The van der Waals surface area contributed by atoms with E-state index in [0.29, 0.717) is 6.04 Å². The molecule has 18 heavy (non-hydrogen) atoms. The third kappa shape index (κ3) is 4.13. The summed E-state index contributed by atoms with van der Waals surface area (Å²) < 4.78 is 0. The second kappa shape index (κ2) is 7.58. The van der Waals surface area contributed by atoms with Crippen molar-refractivity contribution in [1.82, 2.24) is 5.32 Å². The van der Waals surface area contributed by atoms with E-state index >= 15 is 0 Å². The highest BCUT2D eigenvalue weighted by atomic mass is 14.9. The zero-order valence-corrected chi connectivity index (χ0v) is 11.7. The van der Waals surface area contributed by atoms with E-state index < -0.39 is 0 Å². The molecule has 0 aliphatic heterocycles. The summed E-state index contributed by atoms with van der Waals surface area (Å²) in [5.74, 6) is 0.918. The van der Waals surface area contributed by atoms with Crippen molar-refractivity contribution in [2.24, 2.45) is 5.92 Å². The van der Waals surface area contributed by atoms with E-state index in [0.717, 1.165) is 5.92 Å². The van der Waals surface area contributed by atoms with Crippen LogP contribution in [0.5, 0.6) is 0 Å². The van der Waals surface area contributed by atoms with Crippen molar-refractivity contribution in [3.63, 3.8) is 0 Å². The lowest BCUT2D eigenvalue weighted by Gasteiger charge is -2.25. The van der Waals surface area contributed by atoms with Crippen LogP contribution in [0.25, 0.3) is 0 Å². The Kier molecular flexibility index (Phi) is 5.73. The van der Waals surface area contributed by atoms with Gasteiger partial charge in [-0.2, -0.15) is 0 Å². The molecule has 100 valence electrons. The van der Waals surface area contributed by atoms with E-state index in [2.05, 4.69) is 42.6 Å². The van der Waals surface area contributed by atoms with Crippen molar-refractivity contribution in [3.05, 3.63) is 35.9 Å². The van der Waals surface area contributed by atoms with E-state index in [1.54, 1.807) is 0 Å². The van der Waals surface area contributed by atoms with Crippen LogP contribution in [0.1, 0.15) is 63.5 Å². The molecule has 1 nitrogen and oxygen atoms in total. The van der Waals surface area contributed by atoms with Gasteiger partial charge in [-0.1, -0.05) is 62.9 Å². The van der Waals surface area contributed by atoms with E-state index in [4.69, 9.17) is 0 Å². The first-order valence-corrected chi connectivity index (χ1v) is 7.68. The maximum Gasteiger partial charge on any atom is 0.0320 e. The smallest absolute Gasteiger partial charge is 0.0320 e. The van der Waals surface area contributed by atoms with Gasteiger partial charge in [-0.05, 0) is 37.3 Å². The fraction of sp³-hybridized carbons (Fsp3) is 0.647. The fourth-order valence-corrected chi connectivity index (χ4v) is 3.06. The maximum atomic E-state index is 3.81. The normalized spacial score (nSPS) is 18.7. The van der Waals surface area contributed by atoms with Crippen molar-refractivity contribution in [1.29, 1.82) is 0 Å². The second-order valence-corrected chi connectivity index (χ2v) is 5.66. The fourth-order valence-electron chi connectivity index (χ4n) is 3.06. The maximum absolute atomic E-state index is 3.81. The molecule has 1 N–H and O–H groups in total. The van der Waals surface area contributed by atoms with Crippen LogP contribution in [0.4, 0.5) is 0 Å². The summed E-state index contributed by atoms with van der Waals surface area (Å²) in [6.07, 6.45) is 9.69. The van der Waals surface area contributed by atoms with Crippen molar-refractivity contribution in [2.75, 3.05) is 6.54 Å². The minimum atomic E-state index is 0.554. The van der Waals surface area contributed by atoms with E-state index in [1.165, 1.54) is 57.1 Å². The number of nitrogens with one attached hydrogen (secondary N) is 1. The molecule has 1 aliphatic carbocycles. The predicted octanol–water partition coefficient (Wildman–Crippen LogP) is 4.70. The third-order valence-electron chi connectivity index (χ3n) is 4.16. The average molecular weight is 245 g/mol. The molecule has 1 atom stereocenters. The molecule has 1 aromatic rings. The molecule has 1 heteroatoms. The molecule has 1 unspecified atom stereocenters. The number of hydrogen-bond acceptors (Lipinski definition) is 1. The summed E-state index contributed by atoms with van der Waals surface area (Å²) in [5, 5.41) is 3.81. The first-order valence-electron chi connectivity index (χ1n) is 7.68. The number of benzene rings is 1. The van der Waals surface area contributed by atoms with Gasteiger partial charge in [0.05, 0.1) is 0 Å². The van der Waals surface area contributed by atoms with Gasteiger partial charge >= 0.3 is 0 Å². The zero-order chi connectivity index (χ0) is 12.6. The van der Waals surface area contributed by atoms with Crippen LogP contribution in [-0.4, -0.2) is 6.54 Å². The third-order valence-corrected chi connectivity index (χ3v) is 4.16. The lowest BCUT2D eigenvalue weighted by atomic mass is 9.89. The van der Waals surface area contributed by atoms with Gasteiger partial charge in [0.25, 0.3) is 0 Å². The minimum absolute atomic E-state index is 0.554. The van der Waals surface area contributed by atoms with Crippen molar-refractivity contribution < 1.29 is 0 Å². The highest BCUT2D eigenvalue weighted by Crippen LogP contribution is 2.25. The summed E-state index contributed by atoms with van der Waals surface area (Å²) in [6, 6.07) is 11.5. The number of rotatable bonds is 6. The molecule has 1 saturated carbocycles. The van der Waals surface area contributed by atoms with Gasteiger partial charge in [-0.15, -0.1) is 0 Å². The summed E-state index contributed by atoms with van der Waals surface area (Å²) in [5.41, 5.74) is 1.45.